The molecule has 180 valence electrons. The lowest BCUT2D eigenvalue weighted by Crippen LogP contribution is -2.46. The Kier molecular flexibility index (Phi) is 6.17. The van der Waals surface area contributed by atoms with Gasteiger partial charge in [0.05, 0.1) is 7.11 Å². The molecular weight excluding hydrogens is 450 g/mol. The van der Waals surface area contributed by atoms with Crippen LogP contribution >= 0.6 is 0 Å². The number of hydrogen-bond acceptors (Lipinski definition) is 3. The maximum atomic E-state index is 13.1. The third-order valence-electron chi connectivity index (χ3n) is 6.26. The maximum absolute atomic E-state index is 13.1. The Labute approximate surface area is 207 Å². The van der Waals surface area contributed by atoms with Crippen molar-refractivity contribution in [2.75, 3.05) is 7.11 Å². The molecule has 0 aliphatic carbocycles. The molecule has 0 amide bonds. The second-order valence-corrected chi connectivity index (χ2v) is 8.98. The monoisotopic (exact) mass is 477 g/mol. The van der Waals surface area contributed by atoms with E-state index in [9.17, 15) is 9.59 Å². The number of H-pyrrole nitrogens is 3. The molecule has 0 fully saturated rings. The van der Waals surface area contributed by atoms with E-state index in [1.165, 1.54) is 5.57 Å². The lowest BCUT2D eigenvalue weighted by molar-refractivity contribution is 0.414. The summed E-state index contributed by atoms with van der Waals surface area (Å²) in [6, 6.07) is 19.6. The molecular formula is C30H27N3O3. The number of hydrogen-bond donors (Lipinski definition) is 3. The van der Waals surface area contributed by atoms with E-state index in [0.717, 1.165) is 38.5 Å². The van der Waals surface area contributed by atoms with Crippen LogP contribution in [-0.4, -0.2) is 22.1 Å². The van der Waals surface area contributed by atoms with E-state index >= 15 is 0 Å². The first kappa shape index (κ1) is 23.2. The zero-order chi connectivity index (χ0) is 25.2. The number of allylic oxidation sites excluding steroid dienone is 2. The number of benzene rings is 3. The van der Waals surface area contributed by atoms with Gasteiger partial charge in [-0.3, -0.25) is 9.59 Å². The maximum Gasteiger partial charge on any atom is 0.272 e. The minimum Gasteiger partial charge on any atom is -0.496 e. The van der Waals surface area contributed by atoms with E-state index in [1.54, 1.807) is 19.3 Å². The standard InChI is InChI=1S/C30H27N3O3/c1-18(2)12-14-25-22(21-10-6-7-11-24(21)31-25)16-26-29(34)33-27(30(35)32-26)17-23-20-9-5-4-8-19(20)13-15-28(23)36-3/h4-13,15-17,31H,14H2,1-3H3,(H,32,35)(H,33,34)/b26-16-,27-17-. The highest BCUT2D eigenvalue weighted by molar-refractivity contribution is 5.93. The quantitative estimate of drug-likeness (QED) is 0.336. The fourth-order valence-electron chi connectivity index (χ4n) is 4.44. The van der Waals surface area contributed by atoms with Gasteiger partial charge < -0.3 is 19.7 Å². The van der Waals surface area contributed by atoms with E-state index in [0.29, 0.717) is 12.2 Å². The third-order valence-corrected chi connectivity index (χ3v) is 6.26. The number of para-hydroxylation sites is 1. The van der Waals surface area contributed by atoms with Gasteiger partial charge in [-0.25, -0.2) is 0 Å². The largest absolute Gasteiger partial charge is 0.496 e. The SMILES string of the molecule is COc1ccc2ccccc2c1/C=c1\[nH]c(=O)/c(=C/c2c(CC=C(C)C)[nH]c3ccccc23)[nH]c1=O. The van der Waals surface area contributed by atoms with Crippen molar-refractivity contribution in [3.8, 4) is 5.75 Å². The summed E-state index contributed by atoms with van der Waals surface area (Å²) in [5.74, 6) is 0.618. The third kappa shape index (κ3) is 4.41. The van der Waals surface area contributed by atoms with E-state index in [1.807, 2.05) is 74.5 Å². The van der Waals surface area contributed by atoms with Gasteiger partial charge in [-0.2, -0.15) is 0 Å². The molecule has 5 rings (SSSR count). The minimum absolute atomic E-state index is 0.162. The number of aromatic amines is 3. The fourth-order valence-corrected chi connectivity index (χ4v) is 4.44. The summed E-state index contributed by atoms with van der Waals surface area (Å²) in [4.78, 5) is 35.2. The van der Waals surface area contributed by atoms with Crippen LogP contribution in [0.15, 0.2) is 81.9 Å². The van der Waals surface area contributed by atoms with Crippen molar-refractivity contribution in [1.29, 1.82) is 0 Å². The minimum atomic E-state index is -0.387. The van der Waals surface area contributed by atoms with Crippen LogP contribution in [0.3, 0.4) is 0 Å². The Morgan fingerprint density at radius 2 is 1.42 bits per heavy atom. The zero-order valence-corrected chi connectivity index (χ0v) is 20.4. The van der Waals surface area contributed by atoms with Crippen LogP contribution in [0.4, 0.5) is 0 Å². The van der Waals surface area contributed by atoms with Crippen molar-refractivity contribution in [1.82, 2.24) is 15.0 Å². The van der Waals surface area contributed by atoms with Crippen molar-refractivity contribution >= 4 is 33.8 Å². The van der Waals surface area contributed by atoms with Crippen LogP contribution in [0, 0.1) is 0 Å². The predicted molar refractivity (Wildman–Crippen MR) is 146 cm³/mol. The summed E-state index contributed by atoms with van der Waals surface area (Å²) in [6.07, 6.45) is 6.23. The molecule has 0 unspecified atom stereocenters. The second kappa shape index (κ2) is 9.58. The zero-order valence-electron chi connectivity index (χ0n) is 20.4. The van der Waals surface area contributed by atoms with Gasteiger partial charge in [-0.05, 0) is 48.9 Å². The Hall–Kier alpha value is -4.58. The van der Waals surface area contributed by atoms with Gasteiger partial charge in [-0.1, -0.05) is 60.2 Å². The van der Waals surface area contributed by atoms with Gasteiger partial charge in [0.2, 0.25) is 0 Å². The topological polar surface area (TPSA) is 90.7 Å². The van der Waals surface area contributed by atoms with E-state index in [2.05, 4.69) is 21.0 Å². The molecule has 5 aromatic rings. The molecule has 3 aromatic carbocycles. The Balaban J connectivity index is 1.70. The highest BCUT2D eigenvalue weighted by Crippen LogP contribution is 2.28. The van der Waals surface area contributed by atoms with Crippen molar-refractivity contribution in [2.24, 2.45) is 0 Å². The normalized spacial score (nSPS) is 12.4. The second-order valence-electron chi connectivity index (χ2n) is 8.98. The molecule has 36 heavy (non-hydrogen) atoms. The van der Waals surface area contributed by atoms with Gasteiger partial charge >= 0.3 is 0 Å². The summed E-state index contributed by atoms with van der Waals surface area (Å²) in [7, 11) is 1.58. The summed E-state index contributed by atoms with van der Waals surface area (Å²) < 4.78 is 5.53. The first-order valence-electron chi connectivity index (χ1n) is 11.8. The summed E-state index contributed by atoms with van der Waals surface area (Å²) in [5, 5.41) is 3.29. The van der Waals surface area contributed by atoms with Crippen molar-refractivity contribution in [3.63, 3.8) is 0 Å². The number of fused-ring (bicyclic) bond motifs is 2. The van der Waals surface area contributed by atoms with Crippen LogP contribution in [0.1, 0.15) is 30.7 Å². The first-order valence-corrected chi connectivity index (χ1v) is 11.8. The molecule has 0 saturated heterocycles. The highest BCUT2D eigenvalue weighted by Gasteiger charge is 2.10. The van der Waals surface area contributed by atoms with Gasteiger partial charge in [-0.15, -0.1) is 0 Å². The van der Waals surface area contributed by atoms with Crippen LogP contribution < -0.4 is 26.6 Å². The molecule has 2 heterocycles. The van der Waals surface area contributed by atoms with Gasteiger partial charge in [0, 0.05) is 34.1 Å². The predicted octanol–water partition coefficient (Wildman–Crippen LogP) is 3.87. The highest BCUT2D eigenvalue weighted by atomic mass is 16.5. The van der Waals surface area contributed by atoms with E-state index < -0.39 is 0 Å². The number of aromatic nitrogens is 3. The average Bonchev–Trinajstić information content (AvgIpc) is 3.23. The Morgan fingerprint density at radius 1 is 0.778 bits per heavy atom. The number of methoxy groups -OCH3 is 1. The molecule has 6 nitrogen and oxygen atoms in total. The molecule has 0 radical (unpaired) electrons. The Morgan fingerprint density at radius 3 is 2.11 bits per heavy atom. The van der Waals surface area contributed by atoms with Crippen LogP contribution in [0.2, 0.25) is 0 Å². The molecule has 0 bridgehead atoms. The smallest absolute Gasteiger partial charge is 0.272 e. The number of ether oxygens (including phenoxy) is 1. The van der Waals surface area contributed by atoms with Crippen LogP contribution in [-0.2, 0) is 6.42 Å². The molecule has 0 saturated carbocycles. The molecule has 0 atom stereocenters. The lowest BCUT2D eigenvalue weighted by Gasteiger charge is -2.08. The van der Waals surface area contributed by atoms with Crippen LogP contribution in [0.5, 0.6) is 5.75 Å². The summed E-state index contributed by atoms with van der Waals surface area (Å²) in [5.41, 5.74) is 4.02. The molecule has 6 heteroatoms. The average molecular weight is 478 g/mol. The van der Waals surface area contributed by atoms with Gasteiger partial charge in [0.25, 0.3) is 11.1 Å². The lowest BCUT2D eigenvalue weighted by atomic mass is 10.0. The molecule has 3 N–H and O–H groups in total. The van der Waals surface area contributed by atoms with Gasteiger partial charge in [0.1, 0.15) is 16.4 Å². The molecule has 2 aromatic heterocycles. The van der Waals surface area contributed by atoms with Crippen molar-refractivity contribution in [3.05, 3.63) is 121 Å². The van der Waals surface area contributed by atoms with Crippen LogP contribution in [0.25, 0.3) is 33.8 Å². The summed E-state index contributed by atoms with van der Waals surface area (Å²) >= 11 is 0. The molecule has 0 spiro atoms. The van der Waals surface area contributed by atoms with Crippen molar-refractivity contribution < 1.29 is 4.74 Å². The molecule has 0 aliphatic rings. The van der Waals surface area contributed by atoms with Gasteiger partial charge in [0.15, 0.2) is 0 Å². The summed E-state index contributed by atoms with van der Waals surface area (Å²) in [6.45, 7) is 4.10. The number of nitrogens with one attached hydrogen (secondary N) is 3. The Bertz CT molecular complexity index is 1870. The van der Waals surface area contributed by atoms with E-state index in [-0.39, 0.29) is 21.8 Å². The number of rotatable bonds is 5. The molecule has 0 aliphatic heterocycles. The first-order chi connectivity index (χ1) is 17.4. The van der Waals surface area contributed by atoms with Crippen molar-refractivity contribution in [2.45, 2.75) is 20.3 Å². The van der Waals surface area contributed by atoms with E-state index in [4.69, 9.17) is 4.74 Å². The fraction of sp³-hybridized carbons (Fsp3) is 0.133.